The van der Waals surface area contributed by atoms with E-state index in [1.54, 1.807) is 38.1 Å². The van der Waals surface area contributed by atoms with Gasteiger partial charge in [-0.15, -0.1) is 16.9 Å². The van der Waals surface area contributed by atoms with Crippen LogP contribution in [0.5, 0.6) is 6.01 Å². The van der Waals surface area contributed by atoms with Crippen molar-refractivity contribution in [1.29, 1.82) is 0 Å². The summed E-state index contributed by atoms with van der Waals surface area (Å²) in [7, 11) is 0. The highest BCUT2D eigenvalue weighted by atomic mass is 32.2. The van der Waals surface area contributed by atoms with E-state index >= 15 is 0 Å². The van der Waals surface area contributed by atoms with Gasteiger partial charge in [0.15, 0.2) is 5.82 Å². The van der Waals surface area contributed by atoms with Gasteiger partial charge < -0.3 is 10.1 Å². The normalized spacial score (nSPS) is 11.5. The number of amides is 1. The van der Waals surface area contributed by atoms with E-state index < -0.39 is 11.7 Å². The molecule has 4 rings (SSSR count). The van der Waals surface area contributed by atoms with Crippen LogP contribution in [-0.2, 0) is 11.0 Å². The molecule has 6 nitrogen and oxygen atoms in total. The second-order valence-corrected chi connectivity index (χ2v) is 9.12. The summed E-state index contributed by atoms with van der Waals surface area (Å²) in [5.74, 6) is 0.298. The van der Waals surface area contributed by atoms with Gasteiger partial charge in [0, 0.05) is 16.1 Å². The minimum atomic E-state index is -4.49. The predicted octanol–water partition coefficient (Wildman–Crippen LogP) is 6.47. The predicted molar refractivity (Wildman–Crippen MR) is 133 cm³/mol. The molecule has 0 atom stereocenters. The number of halogens is 3. The van der Waals surface area contributed by atoms with Crippen molar-refractivity contribution < 1.29 is 22.7 Å². The van der Waals surface area contributed by atoms with E-state index in [-0.39, 0.29) is 35.2 Å². The SMILES string of the molecule is CC(C)Oc1nc(-c2cccc(C(F)(F)F)c2)n(-c2ccc(NC(=O)CSc3ccccc3)cc2)n1. The average Bonchev–Trinajstić information content (AvgIpc) is 3.26. The maximum atomic E-state index is 13.3. The fourth-order valence-corrected chi connectivity index (χ4v) is 4.02. The Morgan fingerprint density at radius 3 is 2.42 bits per heavy atom. The number of nitrogens with zero attached hydrogens (tertiary/aromatic N) is 3. The summed E-state index contributed by atoms with van der Waals surface area (Å²) in [6.45, 7) is 3.61. The molecular formula is C26H23F3N4O2S. The van der Waals surface area contributed by atoms with Crippen molar-refractivity contribution in [3.8, 4) is 23.1 Å². The van der Waals surface area contributed by atoms with Gasteiger partial charge in [-0.05, 0) is 62.4 Å². The maximum absolute atomic E-state index is 13.3. The monoisotopic (exact) mass is 512 g/mol. The summed E-state index contributed by atoms with van der Waals surface area (Å²) in [6.07, 6.45) is -4.71. The zero-order chi connectivity index (χ0) is 25.7. The number of anilines is 1. The molecule has 0 radical (unpaired) electrons. The van der Waals surface area contributed by atoms with E-state index in [0.29, 0.717) is 11.4 Å². The molecule has 0 fully saturated rings. The molecule has 1 aromatic heterocycles. The first-order valence-electron chi connectivity index (χ1n) is 11.1. The highest BCUT2D eigenvalue weighted by molar-refractivity contribution is 8.00. The number of carbonyl (C=O) groups excluding carboxylic acids is 1. The second-order valence-electron chi connectivity index (χ2n) is 8.07. The van der Waals surface area contributed by atoms with E-state index in [2.05, 4.69) is 15.4 Å². The Morgan fingerprint density at radius 2 is 1.75 bits per heavy atom. The topological polar surface area (TPSA) is 69.0 Å². The maximum Gasteiger partial charge on any atom is 0.416 e. The largest absolute Gasteiger partial charge is 0.460 e. The molecule has 0 bridgehead atoms. The van der Waals surface area contributed by atoms with Crippen molar-refractivity contribution in [3.05, 3.63) is 84.4 Å². The molecule has 0 spiro atoms. The molecule has 36 heavy (non-hydrogen) atoms. The molecule has 1 amide bonds. The third kappa shape index (κ3) is 6.45. The lowest BCUT2D eigenvalue weighted by molar-refractivity contribution is -0.137. The van der Waals surface area contributed by atoms with E-state index in [1.165, 1.54) is 28.6 Å². The van der Waals surface area contributed by atoms with Gasteiger partial charge in [-0.1, -0.05) is 30.3 Å². The van der Waals surface area contributed by atoms with Gasteiger partial charge in [-0.25, -0.2) is 4.68 Å². The molecule has 0 aliphatic carbocycles. The van der Waals surface area contributed by atoms with Crippen molar-refractivity contribution in [2.45, 2.75) is 31.0 Å². The van der Waals surface area contributed by atoms with Gasteiger partial charge >= 0.3 is 12.2 Å². The zero-order valence-corrected chi connectivity index (χ0v) is 20.3. The first kappa shape index (κ1) is 25.3. The van der Waals surface area contributed by atoms with Gasteiger partial charge in [0.25, 0.3) is 0 Å². The van der Waals surface area contributed by atoms with E-state index in [0.717, 1.165) is 17.0 Å². The quantitative estimate of drug-likeness (QED) is 0.274. The number of aromatic nitrogens is 3. The van der Waals surface area contributed by atoms with Crippen LogP contribution < -0.4 is 10.1 Å². The van der Waals surface area contributed by atoms with Gasteiger partial charge in [-0.2, -0.15) is 18.2 Å². The first-order chi connectivity index (χ1) is 17.2. The van der Waals surface area contributed by atoms with Crippen molar-refractivity contribution >= 4 is 23.4 Å². The molecule has 4 aromatic rings. The lowest BCUT2D eigenvalue weighted by Crippen LogP contribution is -2.14. The van der Waals surface area contributed by atoms with E-state index in [1.807, 2.05) is 30.3 Å². The number of nitrogens with one attached hydrogen (secondary N) is 1. The molecule has 0 aliphatic rings. The highest BCUT2D eigenvalue weighted by Crippen LogP contribution is 2.33. The molecule has 10 heteroatoms. The third-order valence-corrected chi connectivity index (χ3v) is 5.90. The molecule has 0 saturated carbocycles. The Morgan fingerprint density at radius 1 is 1.03 bits per heavy atom. The van der Waals surface area contributed by atoms with E-state index in [4.69, 9.17) is 4.74 Å². The number of carbonyl (C=O) groups is 1. The van der Waals surface area contributed by atoms with Crippen LogP contribution in [0, 0.1) is 0 Å². The lowest BCUT2D eigenvalue weighted by atomic mass is 10.1. The van der Waals surface area contributed by atoms with Crippen molar-refractivity contribution in [2.24, 2.45) is 0 Å². The minimum absolute atomic E-state index is 0.0488. The van der Waals surface area contributed by atoms with Gasteiger partial charge in [0.2, 0.25) is 5.91 Å². The third-order valence-electron chi connectivity index (χ3n) is 4.89. The molecule has 1 heterocycles. The smallest absolute Gasteiger partial charge is 0.416 e. The minimum Gasteiger partial charge on any atom is -0.460 e. The van der Waals surface area contributed by atoms with E-state index in [9.17, 15) is 18.0 Å². The molecule has 186 valence electrons. The van der Waals surface area contributed by atoms with Crippen LogP contribution in [0.25, 0.3) is 17.1 Å². The molecular weight excluding hydrogens is 489 g/mol. The Kier molecular flexibility index (Phi) is 7.64. The Bertz CT molecular complexity index is 1320. The van der Waals surface area contributed by atoms with Crippen molar-refractivity contribution in [1.82, 2.24) is 14.8 Å². The number of thioether (sulfide) groups is 1. The summed E-state index contributed by atoms with van der Waals surface area (Å²) < 4.78 is 46.9. The Hall–Kier alpha value is -3.79. The number of alkyl halides is 3. The second kappa shape index (κ2) is 10.9. The Balaban J connectivity index is 1.56. The van der Waals surface area contributed by atoms with Crippen LogP contribution in [0.1, 0.15) is 19.4 Å². The fraction of sp³-hybridized carbons (Fsp3) is 0.192. The summed E-state index contributed by atoms with van der Waals surface area (Å²) in [5, 5.41) is 7.19. The fourth-order valence-electron chi connectivity index (χ4n) is 3.30. The summed E-state index contributed by atoms with van der Waals surface area (Å²) in [5.41, 5.74) is 0.584. The first-order valence-corrected chi connectivity index (χ1v) is 12.1. The van der Waals surface area contributed by atoms with Crippen LogP contribution in [0.2, 0.25) is 0 Å². The van der Waals surface area contributed by atoms with Crippen LogP contribution in [0.4, 0.5) is 18.9 Å². The number of ether oxygens (including phenoxy) is 1. The van der Waals surface area contributed by atoms with Crippen LogP contribution in [0.15, 0.2) is 83.8 Å². The number of hydrogen-bond donors (Lipinski definition) is 1. The standard InChI is InChI=1S/C26H23F3N4O2S/c1-17(2)35-25-31-24(18-7-6-8-19(15-18)26(27,28)29)33(32-25)21-13-11-20(12-14-21)30-23(34)16-36-22-9-4-3-5-10-22/h3-15,17H,16H2,1-2H3,(H,30,34). The number of benzene rings is 3. The van der Waals surface area contributed by atoms with Gasteiger partial charge in [0.1, 0.15) is 0 Å². The lowest BCUT2D eigenvalue weighted by Gasteiger charge is -2.10. The van der Waals surface area contributed by atoms with Gasteiger partial charge in [0.05, 0.1) is 23.1 Å². The number of rotatable bonds is 8. The summed E-state index contributed by atoms with van der Waals surface area (Å²) >= 11 is 1.43. The molecule has 3 aromatic carbocycles. The molecule has 1 N–H and O–H groups in total. The van der Waals surface area contributed by atoms with Crippen LogP contribution >= 0.6 is 11.8 Å². The highest BCUT2D eigenvalue weighted by Gasteiger charge is 2.31. The zero-order valence-electron chi connectivity index (χ0n) is 19.5. The summed E-state index contributed by atoms with van der Waals surface area (Å²) in [6, 6.07) is 21.3. The average molecular weight is 513 g/mol. The van der Waals surface area contributed by atoms with Gasteiger partial charge in [-0.3, -0.25) is 4.79 Å². The molecule has 0 saturated heterocycles. The van der Waals surface area contributed by atoms with Crippen molar-refractivity contribution in [3.63, 3.8) is 0 Å². The Labute approximate surface area is 210 Å². The summed E-state index contributed by atoms with van der Waals surface area (Å²) in [4.78, 5) is 17.7. The molecule has 0 aliphatic heterocycles. The number of hydrogen-bond acceptors (Lipinski definition) is 5. The van der Waals surface area contributed by atoms with Crippen LogP contribution in [-0.4, -0.2) is 32.5 Å². The van der Waals surface area contributed by atoms with Crippen molar-refractivity contribution in [2.75, 3.05) is 11.1 Å². The van der Waals surface area contributed by atoms with Crippen LogP contribution in [0.3, 0.4) is 0 Å². The molecule has 0 unspecified atom stereocenters.